The molecule has 0 bridgehead atoms. The molecule has 0 aliphatic rings. The SMILES string of the molecule is COc1ccc(OC)c(CN(CCO)Cc2cc(C#N)n(C)c2C)c1. The highest BCUT2D eigenvalue weighted by molar-refractivity contribution is 5.40. The van der Waals surface area contributed by atoms with Crippen LogP contribution in [0, 0.1) is 18.3 Å². The number of benzene rings is 1. The summed E-state index contributed by atoms with van der Waals surface area (Å²) < 4.78 is 12.6. The van der Waals surface area contributed by atoms with E-state index in [1.54, 1.807) is 14.2 Å². The highest BCUT2D eigenvalue weighted by atomic mass is 16.5. The molecule has 1 N–H and O–H groups in total. The lowest BCUT2D eigenvalue weighted by Crippen LogP contribution is -2.26. The fourth-order valence-corrected chi connectivity index (χ4v) is 2.87. The Morgan fingerprint density at radius 2 is 1.88 bits per heavy atom. The first-order valence-corrected chi connectivity index (χ1v) is 8.13. The molecule has 1 heterocycles. The first-order valence-electron chi connectivity index (χ1n) is 8.13. The maximum absolute atomic E-state index is 9.44. The fraction of sp³-hybridized carbons (Fsp3) is 0.421. The molecule has 2 rings (SSSR count). The van der Waals surface area contributed by atoms with E-state index in [1.165, 1.54) is 0 Å². The van der Waals surface area contributed by atoms with Crippen LogP contribution in [0.25, 0.3) is 0 Å². The van der Waals surface area contributed by atoms with Crippen LogP contribution in [0.1, 0.15) is 22.5 Å². The molecule has 0 amide bonds. The molecule has 0 aliphatic heterocycles. The molecule has 6 heteroatoms. The number of hydrogen-bond donors (Lipinski definition) is 1. The summed E-state index contributed by atoms with van der Waals surface area (Å²) in [6.45, 7) is 3.83. The molecule has 25 heavy (non-hydrogen) atoms. The van der Waals surface area contributed by atoms with E-state index < -0.39 is 0 Å². The third kappa shape index (κ3) is 4.32. The van der Waals surface area contributed by atoms with Crippen molar-refractivity contribution in [2.24, 2.45) is 7.05 Å². The average molecular weight is 343 g/mol. The second kappa shape index (κ2) is 8.56. The van der Waals surface area contributed by atoms with E-state index in [1.807, 2.05) is 42.8 Å². The molecule has 0 atom stereocenters. The predicted octanol–water partition coefficient (Wildman–Crippen LogP) is 2.22. The number of rotatable bonds is 8. The van der Waals surface area contributed by atoms with Crippen LogP contribution in [0.4, 0.5) is 0 Å². The van der Waals surface area contributed by atoms with Crippen LogP contribution < -0.4 is 9.47 Å². The lowest BCUT2D eigenvalue weighted by Gasteiger charge is -2.23. The maximum atomic E-state index is 9.44. The molecule has 1 aromatic carbocycles. The molecule has 1 aromatic heterocycles. The lowest BCUT2D eigenvalue weighted by atomic mass is 10.1. The van der Waals surface area contributed by atoms with Crippen LogP contribution in [0.15, 0.2) is 24.3 Å². The van der Waals surface area contributed by atoms with Crippen LogP contribution in [0.5, 0.6) is 11.5 Å². The maximum Gasteiger partial charge on any atom is 0.123 e. The number of hydrogen-bond acceptors (Lipinski definition) is 5. The smallest absolute Gasteiger partial charge is 0.123 e. The molecule has 0 spiro atoms. The summed E-state index contributed by atoms with van der Waals surface area (Å²) in [6.07, 6.45) is 0. The van der Waals surface area contributed by atoms with E-state index in [4.69, 9.17) is 9.47 Å². The van der Waals surface area contributed by atoms with Crippen molar-refractivity contribution >= 4 is 0 Å². The fourth-order valence-electron chi connectivity index (χ4n) is 2.87. The zero-order valence-electron chi connectivity index (χ0n) is 15.2. The first kappa shape index (κ1) is 18.8. The molecule has 0 saturated heterocycles. The third-order valence-corrected chi connectivity index (χ3v) is 4.45. The third-order valence-electron chi connectivity index (χ3n) is 4.45. The second-order valence-electron chi connectivity index (χ2n) is 5.92. The molecule has 134 valence electrons. The number of aliphatic hydroxyl groups is 1. The monoisotopic (exact) mass is 343 g/mol. The van der Waals surface area contributed by atoms with Crippen molar-refractivity contribution in [2.45, 2.75) is 20.0 Å². The number of methoxy groups -OCH3 is 2. The topological polar surface area (TPSA) is 70.7 Å². The minimum absolute atomic E-state index is 0.0588. The van der Waals surface area contributed by atoms with Gasteiger partial charge in [0.2, 0.25) is 0 Å². The lowest BCUT2D eigenvalue weighted by molar-refractivity contribution is 0.182. The Morgan fingerprint density at radius 1 is 1.16 bits per heavy atom. The Labute approximate surface area is 148 Å². The summed E-state index contributed by atoms with van der Waals surface area (Å²) in [7, 11) is 5.16. The number of nitrogens with zero attached hydrogens (tertiary/aromatic N) is 3. The second-order valence-corrected chi connectivity index (χ2v) is 5.92. The number of aromatic nitrogens is 1. The standard InChI is InChI=1S/C19H25N3O3/c1-14-15(9-17(11-20)21(14)2)12-22(7-8-23)13-16-10-18(24-3)5-6-19(16)25-4/h5-6,9-10,23H,7-8,12-13H2,1-4H3. The van der Waals surface area contributed by atoms with Gasteiger partial charge in [0.1, 0.15) is 23.3 Å². The van der Waals surface area contributed by atoms with Gasteiger partial charge in [-0.15, -0.1) is 0 Å². The number of aliphatic hydroxyl groups excluding tert-OH is 1. The zero-order valence-corrected chi connectivity index (χ0v) is 15.2. The van der Waals surface area contributed by atoms with Gasteiger partial charge in [0, 0.05) is 37.9 Å². The van der Waals surface area contributed by atoms with Crippen molar-refractivity contribution in [3.05, 3.63) is 46.8 Å². The Hall–Kier alpha value is -2.49. The van der Waals surface area contributed by atoms with E-state index in [2.05, 4.69) is 11.0 Å². The van der Waals surface area contributed by atoms with E-state index >= 15 is 0 Å². The highest BCUT2D eigenvalue weighted by Gasteiger charge is 2.15. The Bertz CT molecular complexity index is 762. The van der Waals surface area contributed by atoms with Crippen molar-refractivity contribution in [1.29, 1.82) is 5.26 Å². The van der Waals surface area contributed by atoms with E-state index in [0.717, 1.165) is 28.3 Å². The van der Waals surface area contributed by atoms with Gasteiger partial charge in [-0.05, 0) is 36.8 Å². The summed E-state index contributed by atoms with van der Waals surface area (Å²) in [5, 5.41) is 18.6. The van der Waals surface area contributed by atoms with Crippen molar-refractivity contribution < 1.29 is 14.6 Å². The van der Waals surface area contributed by atoms with Gasteiger partial charge in [-0.25, -0.2) is 0 Å². The van der Waals surface area contributed by atoms with E-state index in [0.29, 0.717) is 25.3 Å². The molecular weight excluding hydrogens is 318 g/mol. The van der Waals surface area contributed by atoms with E-state index in [-0.39, 0.29) is 6.61 Å². The quantitative estimate of drug-likeness (QED) is 0.796. The molecule has 2 aromatic rings. The molecule has 0 radical (unpaired) electrons. The Kier molecular flexibility index (Phi) is 6.45. The first-order chi connectivity index (χ1) is 12.0. The average Bonchev–Trinajstić information content (AvgIpc) is 2.89. The highest BCUT2D eigenvalue weighted by Crippen LogP contribution is 2.26. The van der Waals surface area contributed by atoms with Crippen LogP contribution >= 0.6 is 0 Å². The molecule has 6 nitrogen and oxygen atoms in total. The predicted molar refractivity (Wildman–Crippen MR) is 95.6 cm³/mol. The molecule has 0 saturated carbocycles. The van der Waals surface area contributed by atoms with E-state index in [9.17, 15) is 10.4 Å². The summed E-state index contributed by atoms with van der Waals surface area (Å²) in [6, 6.07) is 9.80. The number of nitriles is 1. The van der Waals surface area contributed by atoms with Crippen molar-refractivity contribution in [1.82, 2.24) is 9.47 Å². The van der Waals surface area contributed by atoms with Gasteiger partial charge in [0.25, 0.3) is 0 Å². The Morgan fingerprint density at radius 3 is 2.44 bits per heavy atom. The van der Waals surface area contributed by atoms with Crippen LogP contribution in [-0.4, -0.2) is 41.9 Å². The Balaban J connectivity index is 2.26. The summed E-state index contributed by atoms with van der Waals surface area (Å²) >= 11 is 0. The van der Waals surface area contributed by atoms with Gasteiger partial charge in [0.15, 0.2) is 0 Å². The summed E-state index contributed by atoms with van der Waals surface area (Å²) in [4.78, 5) is 2.13. The van der Waals surface area contributed by atoms with Gasteiger partial charge >= 0.3 is 0 Å². The van der Waals surface area contributed by atoms with Gasteiger partial charge in [-0.3, -0.25) is 4.90 Å². The minimum Gasteiger partial charge on any atom is -0.497 e. The normalized spacial score (nSPS) is 10.8. The van der Waals surface area contributed by atoms with Crippen LogP contribution in [0.3, 0.4) is 0 Å². The molecule has 0 aliphatic carbocycles. The number of ether oxygens (including phenoxy) is 2. The van der Waals surface area contributed by atoms with Crippen molar-refractivity contribution in [3.63, 3.8) is 0 Å². The minimum atomic E-state index is 0.0588. The van der Waals surface area contributed by atoms with Gasteiger partial charge in [-0.1, -0.05) is 0 Å². The van der Waals surface area contributed by atoms with Crippen molar-refractivity contribution in [2.75, 3.05) is 27.4 Å². The van der Waals surface area contributed by atoms with Crippen LogP contribution in [-0.2, 0) is 20.1 Å². The summed E-state index contributed by atoms with van der Waals surface area (Å²) in [5.74, 6) is 1.55. The molecular formula is C19H25N3O3. The summed E-state index contributed by atoms with van der Waals surface area (Å²) in [5.41, 5.74) is 3.76. The van der Waals surface area contributed by atoms with Crippen LogP contribution in [0.2, 0.25) is 0 Å². The largest absolute Gasteiger partial charge is 0.497 e. The molecule has 0 unspecified atom stereocenters. The zero-order chi connectivity index (χ0) is 18.4. The molecule has 0 fully saturated rings. The van der Waals surface area contributed by atoms with Gasteiger partial charge in [-0.2, -0.15) is 5.26 Å². The van der Waals surface area contributed by atoms with Crippen molar-refractivity contribution in [3.8, 4) is 17.6 Å². The van der Waals surface area contributed by atoms with Gasteiger partial charge < -0.3 is 19.1 Å². The van der Waals surface area contributed by atoms with Gasteiger partial charge in [0.05, 0.1) is 20.8 Å².